The molecule has 0 saturated heterocycles. The molecule has 1 heterocycles. The molecule has 0 aromatic carbocycles. The summed E-state index contributed by atoms with van der Waals surface area (Å²) in [7, 11) is 0. The van der Waals surface area contributed by atoms with E-state index in [-0.39, 0.29) is 5.24 Å². The molecule has 0 aliphatic rings. The summed E-state index contributed by atoms with van der Waals surface area (Å²) in [6, 6.07) is 3.69. The Morgan fingerprint density at radius 2 is 2.40 bits per heavy atom. The molecule has 3 heteroatoms. The van der Waals surface area contributed by atoms with Crippen LogP contribution in [0.25, 0.3) is 0 Å². The average molecular weight is 175 g/mol. The second-order valence-electron chi connectivity index (χ2n) is 1.89. The summed E-state index contributed by atoms with van der Waals surface area (Å²) in [4.78, 5) is 12.4. The first kappa shape index (κ1) is 7.76. The van der Waals surface area contributed by atoms with E-state index in [1.807, 2.05) is 13.0 Å². The second-order valence-corrected chi connectivity index (χ2v) is 3.40. The van der Waals surface area contributed by atoms with Gasteiger partial charge in [0.05, 0.1) is 4.88 Å². The predicted octanol–water partition coefficient (Wildman–Crippen LogP) is 2.69. The third kappa shape index (κ3) is 1.58. The van der Waals surface area contributed by atoms with Gasteiger partial charge < -0.3 is 0 Å². The van der Waals surface area contributed by atoms with Gasteiger partial charge in [-0.1, -0.05) is 6.92 Å². The van der Waals surface area contributed by atoms with Crippen molar-refractivity contribution in [2.24, 2.45) is 0 Å². The Morgan fingerprint density at radius 1 is 1.70 bits per heavy atom. The Labute approximate surface area is 68.6 Å². The van der Waals surface area contributed by atoms with E-state index >= 15 is 0 Å². The number of hydrogen-bond donors (Lipinski definition) is 0. The molecular weight excluding hydrogens is 168 g/mol. The van der Waals surface area contributed by atoms with Crippen molar-refractivity contribution < 1.29 is 4.79 Å². The Balaban J connectivity index is 2.88. The van der Waals surface area contributed by atoms with Gasteiger partial charge in [-0.05, 0) is 30.2 Å². The van der Waals surface area contributed by atoms with E-state index in [0.717, 1.165) is 6.42 Å². The van der Waals surface area contributed by atoms with E-state index in [1.165, 1.54) is 16.2 Å². The normalized spacial score (nSPS) is 9.80. The highest BCUT2D eigenvalue weighted by atomic mass is 35.5. The zero-order valence-corrected chi connectivity index (χ0v) is 7.13. The average Bonchev–Trinajstić information content (AvgIpc) is 2.34. The number of carbonyl (C=O) groups is 1. The van der Waals surface area contributed by atoms with Crippen LogP contribution in [-0.2, 0) is 6.42 Å². The van der Waals surface area contributed by atoms with Crippen molar-refractivity contribution in [2.45, 2.75) is 13.3 Å². The Kier molecular flexibility index (Phi) is 2.46. The minimum atomic E-state index is -0.357. The molecule has 0 aliphatic carbocycles. The molecule has 0 radical (unpaired) electrons. The van der Waals surface area contributed by atoms with E-state index in [1.54, 1.807) is 6.07 Å². The third-order valence-electron chi connectivity index (χ3n) is 1.20. The maximum Gasteiger partial charge on any atom is 0.262 e. The first-order valence-electron chi connectivity index (χ1n) is 3.02. The monoisotopic (exact) mass is 174 g/mol. The fourth-order valence-corrected chi connectivity index (χ4v) is 1.63. The van der Waals surface area contributed by atoms with Gasteiger partial charge in [0.15, 0.2) is 0 Å². The Bertz CT molecular complexity index is 242. The van der Waals surface area contributed by atoms with Crippen LogP contribution in [0.4, 0.5) is 0 Å². The SMILES string of the molecule is CCc1ccc(C(=O)Cl)s1. The number of hydrogen-bond acceptors (Lipinski definition) is 2. The minimum absolute atomic E-state index is 0.357. The van der Waals surface area contributed by atoms with Crippen LogP contribution in [0.2, 0.25) is 0 Å². The number of halogens is 1. The number of thiophene rings is 1. The molecule has 54 valence electrons. The molecule has 0 amide bonds. The molecule has 0 aliphatic heterocycles. The summed E-state index contributed by atoms with van der Waals surface area (Å²) < 4.78 is 0. The van der Waals surface area contributed by atoms with Gasteiger partial charge in [-0.2, -0.15) is 0 Å². The summed E-state index contributed by atoms with van der Waals surface area (Å²) in [5.74, 6) is 0. The van der Waals surface area contributed by atoms with E-state index in [2.05, 4.69) is 0 Å². The van der Waals surface area contributed by atoms with Gasteiger partial charge in [0, 0.05) is 4.88 Å². The van der Waals surface area contributed by atoms with Crippen molar-refractivity contribution in [2.75, 3.05) is 0 Å². The molecule has 1 nitrogen and oxygen atoms in total. The molecule has 0 saturated carbocycles. The van der Waals surface area contributed by atoms with Gasteiger partial charge in [-0.3, -0.25) is 4.79 Å². The first-order chi connectivity index (χ1) is 4.74. The predicted molar refractivity (Wildman–Crippen MR) is 43.9 cm³/mol. The van der Waals surface area contributed by atoms with E-state index in [0.29, 0.717) is 4.88 Å². The van der Waals surface area contributed by atoms with Crippen LogP contribution in [0.3, 0.4) is 0 Å². The smallest absolute Gasteiger partial charge is 0.262 e. The molecule has 0 fully saturated rings. The van der Waals surface area contributed by atoms with Gasteiger partial charge >= 0.3 is 0 Å². The highest BCUT2D eigenvalue weighted by Crippen LogP contribution is 2.18. The van der Waals surface area contributed by atoms with Crippen LogP contribution in [-0.4, -0.2) is 5.24 Å². The molecular formula is C7H7ClOS. The van der Waals surface area contributed by atoms with Crippen LogP contribution < -0.4 is 0 Å². The minimum Gasteiger partial charge on any atom is -0.275 e. The van der Waals surface area contributed by atoms with Crippen LogP contribution in [0, 0.1) is 0 Å². The number of carbonyl (C=O) groups excluding carboxylic acids is 1. The molecule has 0 bridgehead atoms. The van der Waals surface area contributed by atoms with Crippen molar-refractivity contribution in [3.63, 3.8) is 0 Å². The molecule has 0 atom stereocenters. The fraction of sp³-hybridized carbons (Fsp3) is 0.286. The molecule has 0 unspecified atom stereocenters. The summed E-state index contributed by atoms with van der Waals surface area (Å²) >= 11 is 6.70. The molecule has 1 rings (SSSR count). The van der Waals surface area contributed by atoms with Gasteiger partial charge in [-0.25, -0.2) is 0 Å². The van der Waals surface area contributed by atoms with Gasteiger partial charge in [0.25, 0.3) is 5.24 Å². The molecule has 1 aromatic heterocycles. The van der Waals surface area contributed by atoms with Gasteiger partial charge in [0.1, 0.15) is 0 Å². The van der Waals surface area contributed by atoms with Gasteiger partial charge in [0.2, 0.25) is 0 Å². The summed E-state index contributed by atoms with van der Waals surface area (Å²) in [6.07, 6.45) is 0.967. The molecule has 1 aromatic rings. The lowest BCUT2D eigenvalue weighted by Crippen LogP contribution is -1.78. The van der Waals surface area contributed by atoms with Crippen LogP contribution in [0.5, 0.6) is 0 Å². The fourth-order valence-electron chi connectivity index (χ4n) is 0.674. The summed E-state index contributed by atoms with van der Waals surface area (Å²) in [6.45, 7) is 2.05. The van der Waals surface area contributed by atoms with Crippen LogP contribution in [0.15, 0.2) is 12.1 Å². The van der Waals surface area contributed by atoms with Crippen molar-refractivity contribution >= 4 is 28.2 Å². The largest absolute Gasteiger partial charge is 0.275 e. The Morgan fingerprint density at radius 3 is 2.70 bits per heavy atom. The lowest BCUT2D eigenvalue weighted by atomic mass is 10.4. The van der Waals surface area contributed by atoms with Crippen LogP contribution in [0.1, 0.15) is 21.5 Å². The highest BCUT2D eigenvalue weighted by molar-refractivity contribution is 7.15. The van der Waals surface area contributed by atoms with Crippen molar-refractivity contribution in [1.29, 1.82) is 0 Å². The summed E-state index contributed by atoms with van der Waals surface area (Å²) in [5, 5.41) is -0.357. The van der Waals surface area contributed by atoms with E-state index in [9.17, 15) is 4.79 Å². The lowest BCUT2D eigenvalue weighted by Gasteiger charge is -1.82. The quantitative estimate of drug-likeness (QED) is 0.631. The van der Waals surface area contributed by atoms with Crippen LogP contribution >= 0.6 is 22.9 Å². The first-order valence-corrected chi connectivity index (χ1v) is 4.22. The highest BCUT2D eigenvalue weighted by Gasteiger charge is 2.03. The van der Waals surface area contributed by atoms with Crippen molar-refractivity contribution in [3.8, 4) is 0 Å². The topological polar surface area (TPSA) is 17.1 Å². The van der Waals surface area contributed by atoms with E-state index in [4.69, 9.17) is 11.6 Å². The lowest BCUT2D eigenvalue weighted by molar-refractivity contribution is 0.108. The Hall–Kier alpha value is -0.340. The maximum absolute atomic E-state index is 10.6. The van der Waals surface area contributed by atoms with Crippen molar-refractivity contribution in [3.05, 3.63) is 21.9 Å². The standard InChI is InChI=1S/C7H7ClOS/c1-2-5-3-4-6(10-5)7(8)9/h3-4H,2H2,1H3. The molecule has 10 heavy (non-hydrogen) atoms. The third-order valence-corrected chi connectivity index (χ3v) is 2.75. The zero-order valence-electron chi connectivity index (χ0n) is 5.56. The second kappa shape index (κ2) is 3.17. The van der Waals surface area contributed by atoms with Gasteiger partial charge in [-0.15, -0.1) is 11.3 Å². The molecule has 0 spiro atoms. The maximum atomic E-state index is 10.6. The summed E-state index contributed by atoms with van der Waals surface area (Å²) in [5.41, 5.74) is 0. The number of rotatable bonds is 2. The van der Waals surface area contributed by atoms with E-state index < -0.39 is 0 Å². The molecule has 0 N–H and O–H groups in total. The number of aryl methyl sites for hydroxylation is 1. The van der Waals surface area contributed by atoms with Crippen molar-refractivity contribution in [1.82, 2.24) is 0 Å². The zero-order chi connectivity index (χ0) is 7.56.